The average molecular weight is 380 g/mol. The summed E-state index contributed by atoms with van der Waals surface area (Å²) in [5.41, 5.74) is 0.122. The highest BCUT2D eigenvalue weighted by Gasteiger charge is 2.23. The van der Waals surface area contributed by atoms with E-state index in [1.807, 2.05) is 0 Å². The van der Waals surface area contributed by atoms with Crippen molar-refractivity contribution >= 4 is 17.3 Å². The highest BCUT2D eigenvalue weighted by molar-refractivity contribution is 6.06. The number of aromatic nitrogens is 2. The van der Waals surface area contributed by atoms with Crippen molar-refractivity contribution in [2.75, 3.05) is 12.4 Å². The minimum absolute atomic E-state index is 0.0362. The summed E-state index contributed by atoms with van der Waals surface area (Å²) in [6.07, 6.45) is 0. The summed E-state index contributed by atoms with van der Waals surface area (Å²) in [5, 5.41) is 17.9. The predicted molar refractivity (Wildman–Crippen MR) is 102 cm³/mol. The second-order valence-electron chi connectivity index (χ2n) is 5.83. The molecule has 3 aromatic rings. The van der Waals surface area contributed by atoms with E-state index in [0.29, 0.717) is 11.3 Å². The monoisotopic (exact) mass is 380 g/mol. The van der Waals surface area contributed by atoms with E-state index >= 15 is 0 Å². The van der Waals surface area contributed by atoms with Crippen molar-refractivity contribution in [2.45, 2.75) is 6.92 Å². The number of nitrogens with one attached hydrogen (secondary N) is 1. The zero-order valence-electron chi connectivity index (χ0n) is 15.1. The Labute approximate surface area is 159 Å². The molecule has 1 amide bonds. The van der Waals surface area contributed by atoms with Gasteiger partial charge in [-0.15, -0.1) is 0 Å². The lowest BCUT2D eigenvalue weighted by Gasteiger charge is -2.12. The van der Waals surface area contributed by atoms with Crippen LogP contribution in [0.3, 0.4) is 0 Å². The van der Waals surface area contributed by atoms with Crippen molar-refractivity contribution in [1.29, 1.82) is 0 Å². The zero-order valence-corrected chi connectivity index (χ0v) is 15.1. The Morgan fingerprint density at radius 3 is 2.54 bits per heavy atom. The number of hydrogen-bond acceptors (Lipinski definition) is 6. The highest BCUT2D eigenvalue weighted by Crippen LogP contribution is 2.28. The Kier molecular flexibility index (Phi) is 5.16. The average Bonchev–Trinajstić information content (AvgIpc) is 2.69. The quantitative estimate of drug-likeness (QED) is 0.537. The maximum absolute atomic E-state index is 12.8. The molecular weight excluding hydrogens is 364 g/mol. The van der Waals surface area contributed by atoms with Gasteiger partial charge in [-0.3, -0.25) is 19.7 Å². The van der Waals surface area contributed by atoms with Crippen LogP contribution in [-0.4, -0.2) is 27.7 Å². The minimum Gasteiger partial charge on any atom is -0.494 e. The minimum atomic E-state index is -0.737. The molecule has 0 aliphatic rings. The van der Waals surface area contributed by atoms with Crippen LogP contribution in [0.5, 0.6) is 5.75 Å². The lowest BCUT2D eigenvalue weighted by molar-refractivity contribution is -0.384. The van der Waals surface area contributed by atoms with Gasteiger partial charge in [-0.25, -0.2) is 0 Å². The first-order chi connectivity index (χ1) is 13.4. The molecule has 0 radical (unpaired) electrons. The smallest absolute Gasteiger partial charge is 0.293 e. The molecule has 0 saturated heterocycles. The number of rotatable bonds is 5. The van der Waals surface area contributed by atoms with Crippen LogP contribution in [0.1, 0.15) is 16.1 Å². The maximum Gasteiger partial charge on any atom is 0.293 e. The third-order valence-corrected chi connectivity index (χ3v) is 4.02. The third-order valence-electron chi connectivity index (χ3n) is 4.02. The molecule has 0 saturated carbocycles. The molecular formula is C19H16N4O5. The number of ether oxygens (including phenoxy) is 1. The van der Waals surface area contributed by atoms with E-state index in [9.17, 15) is 19.7 Å². The molecule has 3 rings (SSSR count). The van der Waals surface area contributed by atoms with E-state index in [1.54, 1.807) is 43.3 Å². The molecule has 0 aliphatic heterocycles. The van der Waals surface area contributed by atoms with E-state index in [-0.39, 0.29) is 22.8 Å². The molecule has 142 valence electrons. The zero-order chi connectivity index (χ0) is 20.3. The van der Waals surface area contributed by atoms with E-state index in [4.69, 9.17) is 4.74 Å². The van der Waals surface area contributed by atoms with Crippen LogP contribution < -0.4 is 15.6 Å². The Bertz CT molecular complexity index is 1110. The number of hydrogen-bond donors (Lipinski definition) is 1. The number of anilines is 1. The molecule has 0 spiro atoms. The molecule has 1 aromatic heterocycles. The fraction of sp³-hybridized carbons (Fsp3) is 0.105. The van der Waals surface area contributed by atoms with Crippen molar-refractivity contribution < 1.29 is 14.5 Å². The molecule has 28 heavy (non-hydrogen) atoms. The van der Waals surface area contributed by atoms with Crippen LogP contribution in [0.2, 0.25) is 0 Å². The van der Waals surface area contributed by atoms with E-state index in [0.717, 1.165) is 10.7 Å². The van der Waals surface area contributed by atoms with Crippen LogP contribution in [0.25, 0.3) is 5.69 Å². The highest BCUT2D eigenvalue weighted by atomic mass is 16.6. The van der Waals surface area contributed by atoms with Crippen LogP contribution in [-0.2, 0) is 0 Å². The number of benzene rings is 2. The van der Waals surface area contributed by atoms with Gasteiger partial charge in [0.25, 0.3) is 17.2 Å². The molecule has 0 atom stereocenters. The number of carbonyl (C=O) groups is 1. The number of carbonyl (C=O) groups excluding carboxylic acids is 1. The normalized spacial score (nSPS) is 10.4. The topological polar surface area (TPSA) is 116 Å². The maximum atomic E-state index is 12.8. The Balaban J connectivity index is 2.08. The first-order valence-corrected chi connectivity index (χ1v) is 8.21. The van der Waals surface area contributed by atoms with Crippen LogP contribution in [0.15, 0.2) is 59.4 Å². The van der Waals surface area contributed by atoms with Crippen molar-refractivity contribution in [3.8, 4) is 11.4 Å². The fourth-order valence-electron chi connectivity index (χ4n) is 2.65. The van der Waals surface area contributed by atoms with Gasteiger partial charge in [0.1, 0.15) is 5.69 Å². The molecule has 0 bridgehead atoms. The first kappa shape index (κ1) is 18.8. The van der Waals surface area contributed by atoms with Crippen LogP contribution in [0.4, 0.5) is 11.4 Å². The molecule has 9 nitrogen and oxygen atoms in total. The summed E-state index contributed by atoms with van der Waals surface area (Å²) in [7, 11) is 1.30. The molecule has 1 N–H and O–H groups in total. The summed E-state index contributed by atoms with van der Waals surface area (Å²) in [5.74, 6) is -0.773. The number of amides is 1. The van der Waals surface area contributed by atoms with Gasteiger partial charge in [-0.05, 0) is 24.6 Å². The van der Waals surface area contributed by atoms with Gasteiger partial charge >= 0.3 is 0 Å². The molecule has 0 aliphatic carbocycles. The van der Waals surface area contributed by atoms with Gasteiger partial charge in [-0.2, -0.15) is 9.78 Å². The second kappa shape index (κ2) is 7.70. The SMILES string of the molecule is COc1cc(=O)n(-c2ccccc2)nc1C(=O)Nc1c(C)cccc1[N+](=O)[O-]. The lowest BCUT2D eigenvalue weighted by Crippen LogP contribution is -2.26. The van der Waals surface area contributed by atoms with Gasteiger partial charge in [-0.1, -0.05) is 30.3 Å². The van der Waals surface area contributed by atoms with Crippen LogP contribution >= 0.6 is 0 Å². The van der Waals surface area contributed by atoms with Crippen molar-refractivity contribution in [3.05, 3.63) is 86.3 Å². The molecule has 2 aromatic carbocycles. The molecule has 1 heterocycles. The van der Waals surface area contributed by atoms with Gasteiger partial charge in [0.2, 0.25) is 0 Å². The largest absolute Gasteiger partial charge is 0.494 e. The van der Waals surface area contributed by atoms with Crippen molar-refractivity contribution in [1.82, 2.24) is 9.78 Å². The fourth-order valence-corrected chi connectivity index (χ4v) is 2.65. The standard InChI is InChI=1S/C19H16N4O5/c1-12-7-6-10-14(23(26)27)17(12)20-19(25)18-15(28-2)11-16(24)22(21-18)13-8-4-3-5-9-13/h3-11H,1-2H3,(H,20,25). The Morgan fingerprint density at radius 2 is 1.89 bits per heavy atom. The number of aryl methyl sites for hydroxylation is 1. The predicted octanol–water partition coefficient (Wildman–Crippen LogP) is 2.71. The summed E-state index contributed by atoms with van der Waals surface area (Å²) < 4.78 is 6.17. The summed E-state index contributed by atoms with van der Waals surface area (Å²) >= 11 is 0. The lowest BCUT2D eigenvalue weighted by atomic mass is 10.1. The van der Waals surface area contributed by atoms with Crippen molar-refractivity contribution in [3.63, 3.8) is 0 Å². The van der Waals surface area contributed by atoms with Gasteiger partial charge < -0.3 is 10.1 Å². The Morgan fingerprint density at radius 1 is 1.18 bits per heavy atom. The molecule has 0 unspecified atom stereocenters. The van der Waals surface area contributed by atoms with Gasteiger partial charge in [0.05, 0.1) is 23.8 Å². The number of nitro groups is 1. The summed E-state index contributed by atoms with van der Waals surface area (Å²) in [6.45, 7) is 1.64. The van der Waals surface area contributed by atoms with E-state index in [1.165, 1.54) is 19.2 Å². The van der Waals surface area contributed by atoms with E-state index < -0.39 is 16.4 Å². The number of methoxy groups -OCH3 is 1. The number of nitrogens with zero attached hydrogens (tertiary/aromatic N) is 3. The number of para-hydroxylation sites is 2. The molecule has 0 fully saturated rings. The number of nitro benzene ring substituents is 1. The summed E-state index contributed by atoms with van der Waals surface area (Å²) in [4.78, 5) is 35.8. The van der Waals surface area contributed by atoms with Gasteiger partial charge in [0.15, 0.2) is 11.4 Å². The van der Waals surface area contributed by atoms with E-state index in [2.05, 4.69) is 10.4 Å². The van der Waals surface area contributed by atoms with Crippen LogP contribution in [0, 0.1) is 17.0 Å². The summed E-state index contributed by atoms with van der Waals surface area (Å²) in [6, 6.07) is 14.1. The molecule has 9 heteroatoms. The van der Waals surface area contributed by atoms with Crippen molar-refractivity contribution in [2.24, 2.45) is 0 Å². The second-order valence-corrected chi connectivity index (χ2v) is 5.83. The van der Waals surface area contributed by atoms with Gasteiger partial charge in [0, 0.05) is 6.07 Å². The Hall–Kier alpha value is -4.01. The first-order valence-electron chi connectivity index (χ1n) is 8.21. The third kappa shape index (κ3) is 3.58.